The van der Waals surface area contributed by atoms with Crippen LogP contribution in [0.4, 0.5) is 10.2 Å². The Balaban J connectivity index is 0.00000139. The van der Waals surface area contributed by atoms with Crippen LogP contribution in [-0.4, -0.2) is 47.8 Å². The van der Waals surface area contributed by atoms with Gasteiger partial charge in [0.05, 0.1) is 5.69 Å². The number of piperazine rings is 1. The Bertz CT molecular complexity index is 555. The lowest BCUT2D eigenvalue weighted by Gasteiger charge is -2.35. The lowest BCUT2D eigenvalue weighted by molar-refractivity contribution is 0.277. The maximum Gasteiger partial charge on any atom is 0.151 e. The summed E-state index contributed by atoms with van der Waals surface area (Å²) in [6.07, 6.45) is 4.79. The third-order valence-electron chi connectivity index (χ3n) is 3.74. The highest BCUT2D eigenvalue weighted by Gasteiger charge is 2.19. The van der Waals surface area contributed by atoms with Gasteiger partial charge in [-0.1, -0.05) is 32.6 Å². The fraction of sp³-hybridized carbons (Fsp3) is 0.474. The fourth-order valence-electron chi connectivity index (χ4n) is 2.43. The second kappa shape index (κ2) is 10.7. The van der Waals surface area contributed by atoms with Crippen molar-refractivity contribution in [3.8, 4) is 0 Å². The first-order valence-corrected chi connectivity index (χ1v) is 8.55. The Morgan fingerprint density at radius 2 is 1.88 bits per heavy atom. The van der Waals surface area contributed by atoms with E-state index in [1.807, 2.05) is 39.8 Å². The molecule has 0 spiro atoms. The van der Waals surface area contributed by atoms with Gasteiger partial charge in [-0.3, -0.25) is 4.90 Å². The van der Waals surface area contributed by atoms with Gasteiger partial charge in [0.15, 0.2) is 5.82 Å². The molecule has 1 fully saturated rings. The number of allylic oxidation sites excluding steroid dienone is 3. The van der Waals surface area contributed by atoms with Crippen molar-refractivity contribution in [3.05, 3.63) is 54.0 Å². The van der Waals surface area contributed by atoms with Crippen LogP contribution in [0.1, 0.15) is 26.5 Å². The molecule has 24 heavy (non-hydrogen) atoms. The summed E-state index contributed by atoms with van der Waals surface area (Å²) >= 11 is 0. The van der Waals surface area contributed by atoms with Crippen LogP contribution in [0.25, 0.3) is 0 Å². The van der Waals surface area contributed by atoms with Crippen molar-refractivity contribution in [1.29, 1.82) is 0 Å². The van der Waals surface area contributed by atoms with Crippen LogP contribution in [0.5, 0.6) is 0 Å². The molecule has 0 N–H and O–H groups in total. The number of aryl methyl sites for hydroxylation is 1. The first kappa shape index (κ1) is 20.0. The van der Waals surface area contributed by atoms with Gasteiger partial charge in [0, 0.05) is 38.3 Å². The Morgan fingerprint density at radius 3 is 2.38 bits per heavy atom. The zero-order valence-electron chi connectivity index (χ0n) is 15.3. The summed E-state index contributed by atoms with van der Waals surface area (Å²) < 4.78 is 13.9. The fourth-order valence-corrected chi connectivity index (χ4v) is 2.43. The van der Waals surface area contributed by atoms with Crippen molar-refractivity contribution in [2.24, 2.45) is 0 Å². The summed E-state index contributed by atoms with van der Waals surface area (Å²) in [5.74, 6) is 0.703. The highest BCUT2D eigenvalue weighted by Crippen LogP contribution is 2.16. The monoisotopic (exact) mass is 332 g/mol. The van der Waals surface area contributed by atoms with Crippen molar-refractivity contribution >= 4 is 5.82 Å². The average Bonchev–Trinajstić information content (AvgIpc) is 2.63. The van der Waals surface area contributed by atoms with E-state index in [-0.39, 0.29) is 5.83 Å². The maximum atomic E-state index is 13.9. The van der Waals surface area contributed by atoms with Crippen LogP contribution in [0.2, 0.25) is 0 Å². The van der Waals surface area contributed by atoms with Crippen LogP contribution >= 0.6 is 0 Å². The van der Waals surface area contributed by atoms with E-state index < -0.39 is 0 Å². The standard InChI is InChI=1S/C17H23FN4.C2H6/c1-4-6-16(18)15(5-2)13-21-9-11-22(12-10-21)17-8-7-14(3)19-20-17;1-2/h4-8H,2,9-13H2,1,3H3;1-2H3/b6-4-,16-15-;. The van der Waals surface area contributed by atoms with E-state index in [9.17, 15) is 4.39 Å². The average molecular weight is 332 g/mol. The predicted molar refractivity (Wildman–Crippen MR) is 99.9 cm³/mol. The summed E-state index contributed by atoms with van der Waals surface area (Å²) in [4.78, 5) is 4.45. The zero-order chi connectivity index (χ0) is 17.9. The number of nitrogens with zero attached hydrogens (tertiary/aromatic N) is 4. The van der Waals surface area contributed by atoms with Gasteiger partial charge in [-0.2, -0.15) is 5.10 Å². The molecular weight excluding hydrogens is 303 g/mol. The van der Waals surface area contributed by atoms with E-state index in [1.54, 1.807) is 12.2 Å². The summed E-state index contributed by atoms with van der Waals surface area (Å²) in [5, 5.41) is 8.31. The highest BCUT2D eigenvalue weighted by molar-refractivity contribution is 5.38. The molecular formula is C19H29FN4. The Kier molecular flexibility index (Phi) is 8.94. The minimum atomic E-state index is -0.204. The molecule has 2 rings (SSSR count). The minimum Gasteiger partial charge on any atom is -0.353 e. The molecule has 1 aromatic heterocycles. The molecule has 1 aromatic rings. The van der Waals surface area contributed by atoms with Gasteiger partial charge < -0.3 is 4.90 Å². The molecule has 1 aliphatic heterocycles. The summed E-state index contributed by atoms with van der Waals surface area (Å²) in [5.41, 5.74) is 1.56. The van der Waals surface area contributed by atoms with Crippen LogP contribution in [0, 0.1) is 6.92 Å². The largest absolute Gasteiger partial charge is 0.353 e. The minimum absolute atomic E-state index is 0.204. The molecule has 2 heterocycles. The molecule has 1 saturated heterocycles. The summed E-state index contributed by atoms with van der Waals surface area (Å²) in [6, 6.07) is 3.97. The molecule has 0 unspecified atom stereocenters. The van der Waals surface area contributed by atoms with Gasteiger partial charge in [0.25, 0.3) is 0 Å². The van der Waals surface area contributed by atoms with Gasteiger partial charge >= 0.3 is 0 Å². The van der Waals surface area contributed by atoms with E-state index in [1.165, 1.54) is 6.08 Å². The van der Waals surface area contributed by atoms with E-state index >= 15 is 0 Å². The first-order chi connectivity index (χ1) is 11.6. The van der Waals surface area contributed by atoms with Gasteiger partial charge in [-0.15, -0.1) is 5.10 Å². The van der Waals surface area contributed by atoms with Crippen molar-refractivity contribution in [2.45, 2.75) is 27.7 Å². The Labute approximate surface area is 145 Å². The maximum absolute atomic E-state index is 13.9. The number of anilines is 1. The summed E-state index contributed by atoms with van der Waals surface area (Å²) in [7, 11) is 0. The molecule has 0 aliphatic carbocycles. The number of halogens is 1. The summed E-state index contributed by atoms with van der Waals surface area (Å²) in [6.45, 7) is 15.5. The molecule has 0 atom stereocenters. The van der Waals surface area contributed by atoms with Gasteiger partial charge in [-0.25, -0.2) is 4.39 Å². The number of hydrogen-bond acceptors (Lipinski definition) is 4. The molecule has 1 aliphatic rings. The van der Waals surface area contributed by atoms with E-state index in [2.05, 4.69) is 26.6 Å². The SMILES string of the molecule is C=C/C(CN1CCN(c2ccc(C)nn2)CC1)=C(F)\C=C/C.CC. The molecule has 0 saturated carbocycles. The van der Waals surface area contributed by atoms with Crippen LogP contribution in [0.3, 0.4) is 0 Å². The van der Waals surface area contributed by atoms with Crippen LogP contribution in [-0.2, 0) is 0 Å². The van der Waals surface area contributed by atoms with Crippen molar-refractivity contribution in [3.63, 3.8) is 0 Å². The lowest BCUT2D eigenvalue weighted by Crippen LogP contribution is -2.47. The number of hydrogen-bond donors (Lipinski definition) is 0. The molecule has 4 nitrogen and oxygen atoms in total. The Hall–Kier alpha value is -2.01. The molecule has 0 radical (unpaired) electrons. The van der Waals surface area contributed by atoms with Crippen molar-refractivity contribution < 1.29 is 4.39 Å². The predicted octanol–water partition coefficient (Wildman–Crippen LogP) is 3.92. The van der Waals surface area contributed by atoms with Crippen LogP contribution in [0.15, 0.2) is 48.3 Å². The van der Waals surface area contributed by atoms with E-state index in [0.717, 1.165) is 37.7 Å². The van der Waals surface area contributed by atoms with Gasteiger partial charge in [0.2, 0.25) is 0 Å². The van der Waals surface area contributed by atoms with Gasteiger partial charge in [-0.05, 0) is 32.1 Å². The Morgan fingerprint density at radius 1 is 1.21 bits per heavy atom. The molecule has 132 valence electrons. The van der Waals surface area contributed by atoms with E-state index in [0.29, 0.717) is 12.1 Å². The topological polar surface area (TPSA) is 32.3 Å². The quantitative estimate of drug-likeness (QED) is 0.765. The second-order valence-electron chi connectivity index (χ2n) is 5.37. The third-order valence-corrected chi connectivity index (χ3v) is 3.74. The smallest absolute Gasteiger partial charge is 0.151 e. The van der Waals surface area contributed by atoms with Crippen molar-refractivity contribution in [1.82, 2.24) is 15.1 Å². The van der Waals surface area contributed by atoms with Gasteiger partial charge in [0.1, 0.15) is 5.83 Å². The van der Waals surface area contributed by atoms with Crippen LogP contribution < -0.4 is 4.90 Å². The lowest BCUT2D eigenvalue weighted by atomic mass is 10.2. The highest BCUT2D eigenvalue weighted by atomic mass is 19.1. The number of aromatic nitrogens is 2. The number of rotatable bonds is 5. The normalized spacial score (nSPS) is 16.5. The molecule has 0 aromatic carbocycles. The molecule has 0 bridgehead atoms. The third kappa shape index (κ3) is 5.89. The molecule has 5 heteroatoms. The van der Waals surface area contributed by atoms with Crippen molar-refractivity contribution in [2.75, 3.05) is 37.6 Å². The first-order valence-electron chi connectivity index (χ1n) is 8.55. The molecule has 0 amide bonds. The second-order valence-corrected chi connectivity index (χ2v) is 5.37. The van der Waals surface area contributed by atoms with E-state index in [4.69, 9.17) is 0 Å². The zero-order valence-corrected chi connectivity index (χ0v) is 15.3.